The summed E-state index contributed by atoms with van der Waals surface area (Å²) < 4.78 is 0. The first-order valence-corrected chi connectivity index (χ1v) is 9.97. The molecule has 0 saturated carbocycles. The van der Waals surface area contributed by atoms with E-state index >= 15 is 0 Å². The molecule has 3 rings (SSSR count). The molecule has 0 unspecified atom stereocenters. The van der Waals surface area contributed by atoms with Crippen molar-refractivity contribution in [2.24, 2.45) is 5.41 Å². The van der Waals surface area contributed by atoms with Crippen molar-refractivity contribution < 1.29 is 0 Å². The van der Waals surface area contributed by atoms with Crippen molar-refractivity contribution in [1.29, 1.82) is 5.26 Å². The number of aromatic nitrogens is 2. The Morgan fingerprint density at radius 1 is 1.10 bits per heavy atom. The number of piperazine rings is 1. The summed E-state index contributed by atoms with van der Waals surface area (Å²) in [4.78, 5) is 13.1. The molecule has 0 spiro atoms. The molecule has 0 bridgehead atoms. The molecule has 1 fully saturated rings. The van der Waals surface area contributed by atoms with E-state index in [-0.39, 0.29) is 11.2 Å². The van der Waals surface area contributed by atoms with Crippen LogP contribution >= 0.6 is 0 Å². The molecule has 0 aliphatic carbocycles. The van der Waals surface area contributed by atoms with Crippen LogP contribution in [0.2, 0.25) is 0 Å². The quantitative estimate of drug-likeness (QED) is 0.812. The Labute approximate surface area is 173 Å². The van der Waals surface area contributed by atoms with Gasteiger partial charge in [0.25, 0.3) is 0 Å². The number of anilines is 2. The summed E-state index contributed by atoms with van der Waals surface area (Å²) >= 11 is 0. The van der Waals surface area contributed by atoms with E-state index in [0.29, 0.717) is 12.4 Å². The molecule has 150 valence electrons. The molecule has 1 aliphatic heterocycles. The maximum Gasteiger partial charge on any atom is 0.234 e. The predicted molar refractivity (Wildman–Crippen MR) is 117 cm³/mol. The van der Waals surface area contributed by atoms with Crippen molar-refractivity contribution in [3.05, 3.63) is 47.9 Å². The zero-order valence-electron chi connectivity index (χ0n) is 17.4. The number of nitrogens with zero attached hydrogens (tertiary/aromatic N) is 5. The minimum atomic E-state index is 0.0981. The van der Waals surface area contributed by atoms with E-state index in [2.05, 4.69) is 82.0 Å². The van der Waals surface area contributed by atoms with Crippen molar-refractivity contribution in [3.63, 3.8) is 0 Å². The molecular weight excluding hydrogens is 360 g/mol. The van der Waals surface area contributed by atoms with E-state index < -0.39 is 0 Å². The van der Waals surface area contributed by atoms with Crippen molar-refractivity contribution in [2.45, 2.75) is 20.8 Å². The van der Waals surface area contributed by atoms with Crippen molar-refractivity contribution in [2.75, 3.05) is 49.5 Å². The molecule has 6 heteroatoms. The molecule has 2 heterocycles. The molecule has 0 amide bonds. The smallest absolute Gasteiger partial charge is 0.234 e. The Bertz CT molecular complexity index is 906. The lowest BCUT2D eigenvalue weighted by molar-refractivity contribution is 0.288. The van der Waals surface area contributed by atoms with Gasteiger partial charge in [0.15, 0.2) is 0 Å². The van der Waals surface area contributed by atoms with Crippen LogP contribution < -0.4 is 10.2 Å². The summed E-state index contributed by atoms with van der Waals surface area (Å²) in [5, 5.41) is 12.4. The molecule has 6 nitrogen and oxygen atoms in total. The standard InChI is InChI=1S/C23H28N6/c1-23(2,3)18-26-22-19(17-25-21(16-24)27-22)8-7-11-28-12-14-29(15-13-28)20-9-5-4-6-10-20/h4-6,9-10,17H,11-15,18H2,1-3H3,(H,25,26,27). The van der Waals surface area contributed by atoms with E-state index in [1.807, 2.05) is 12.1 Å². The lowest BCUT2D eigenvalue weighted by atomic mass is 9.97. The third kappa shape index (κ3) is 6.20. The first kappa shape index (κ1) is 20.6. The van der Waals surface area contributed by atoms with Crippen LogP contribution in [0.5, 0.6) is 0 Å². The zero-order valence-corrected chi connectivity index (χ0v) is 17.4. The highest BCUT2D eigenvalue weighted by molar-refractivity contribution is 5.53. The van der Waals surface area contributed by atoms with Crippen LogP contribution in [0.15, 0.2) is 36.5 Å². The lowest BCUT2D eigenvalue weighted by Crippen LogP contribution is -2.46. The lowest BCUT2D eigenvalue weighted by Gasteiger charge is -2.35. The van der Waals surface area contributed by atoms with Gasteiger partial charge in [-0.15, -0.1) is 0 Å². The second-order valence-electron chi connectivity index (χ2n) is 8.38. The summed E-state index contributed by atoms with van der Waals surface area (Å²) in [5.74, 6) is 7.23. The first-order valence-electron chi connectivity index (χ1n) is 9.97. The SMILES string of the molecule is CC(C)(C)CNc1nc(C#N)ncc1C#CCN1CCN(c2ccccc2)CC1. The van der Waals surface area contributed by atoms with Gasteiger partial charge in [0.1, 0.15) is 11.9 Å². The van der Waals surface area contributed by atoms with Gasteiger partial charge in [-0.3, -0.25) is 4.90 Å². The molecule has 29 heavy (non-hydrogen) atoms. The average molecular weight is 389 g/mol. The molecule has 0 radical (unpaired) electrons. The zero-order chi connectivity index (χ0) is 20.7. The van der Waals surface area contributed by atoms with Gasteiger partial charge < -0.3 is 10.2 Å². The molecule has 1 aliphatic rings. The van der Waals surface area contributed by atoms with Crippen molar-refractivity contribution in [3.8, 4) is 17.9 Å². The fraction of sp³-hybridized carbons (Fsp3) is 0.435. The summed E-state index contributed by atoms with van der Waals surface area (Å²) in [5.41, 5.74) is 2.11. The summed E-state index contributed by atoms with van der Waals surface area (Å²) in [6, 6.07) is 12.5. The van der Waals surface area contributed by atoms with E-state index in [9.17, 15) is 0 Å². The van der Waals surface area contributed by atoms with Crippen molar-refractivity contribution >= 4 is 11.5 Å². The Morgan fingerprint density at radius 2 is 1.83 bits per heavy atom. The Hall–Kier alpha value is -3.09. The highest BCUT2D eigenvalue weighted by Crippen LogP contribution is 2.17. The summed E-state index contributed by atoms with van der Waals surface area (Å²) in [7, 11) is 0. The summed E-state index contributed by atoms with van der Waals surface area (Å²) in [6.07, 6.45) is 1.64. The topological polar surface area (TPSA) is 68.1 Å². The predicted octanol–water partition coefficient (Wildman–Crippen LogP) is 2.98. The van der Waals surface area contributed by atoms with Crippen LogP contribution in [0.25, 0.3) is 0 Å². The molecular formula is C23H28N6. The highest BCUT2D eigenvalue weighted by Gasteiger charge is 2.16. The normalized spacial score (nSPS) is 14.6. The van der Waals surface area contributed by atoms with Gasteiger partial charge in [-0.1, -0.05) is 50.8 Å². The third-order valence-electron chi connectivity index (χ3n) is 4.69. The van der Waals surface area contributed by atoms with Gasteiger partial charge in [-0.25, -0.2) is 9.97 Å². The van der Waals surface area contributed by atoms with Crippen molar-refractivity contribution in [1.82, 2.24) is 14.9 Å². The Kier molecular flexibility index (Phi) is 6.69. The second-order valence-corrected chi connectivity index (χ2v) is 8.38. The molecule has 0 atom stereocenters. The number of nitrogens with one attached hydrogen (secondary N) is 1. The maximum absolute atomic E-state index is 9.08. The summed E-state index contributed by atoms with van der Waals surface area (Å²) in [6.45, 7) is 11.9. The Balaban J connectivity index is 1.59. The second kappa shape index (κ2) is 9.41. The minimum Gasteiger partial charge on any atom is -0.369 e. The van der Waals surface area contributed by atoms with Gasteiger partial charge in [0.2, 0.25) is 5.82 Å². The first-order chi connectivity index (χ1) is 13.9. The van der Waals surface area contributed by atoms with E-state index in [4.69, 9.17) is 5.26 Å². The number of rotatable bonds is 4. The van der Waals surface area contributed by atoms with Crippen LogP contribution in [0.3, 0.4) is 0 Å². The van der Waals surface area contributed by atoms with Gasteiger partial charge >= 0.3 is 0 Å². The molecule has 1 aromatic carbocycles. The average Bonchev–Trinajstić information content (AvgIpc) is 2.73. The van der Waals surface area contributed by atoms with Gasteiger partial charge in [0.05, 0.1) is 12.1 Å². The van der Waals surface area contributed by atoms with Crippen LogP contribution in [-0.2, 0) is 0 Å². The van der Waals surface area contributed by atoms with E-state index in [1.54, 1.807) is 6.20 Å². The molecule has 1 N–H and O–H groups in total. The third-order valence-corrected chi connectivity index (χ3v) is 4.69. The monoisotopic (exact) mass is 388 g/mol. The highest BCUT2D eigenvalue weighted by atomic mass is 15.3. The molecule has 1 saturated heterocycles. The van der Waals surface area contributed by atoms with Crippen LogP contribution in [0, 0.1) is 28.6 Å². The number of hydrogen-bond donors (Lipinski definition) is 1. The van der Waals surface area contributed by atoms with Crippen LogP contribution in [0.4, 0.5) is 11.5 Å². The Morgan fingerprint density at radius 3 is 2.48 bits per heavy atom. The maximum atomic E-state index is 9.08. The van der Waals surface area contributed by atoms with Crippen LogP contribution in [0.1, 0.15) is 32.2 Å². The van der Waals surface area contributed by atoms with Gasteiger partial charge in [0, 0.05) is 44.6 Å². The fourth-order valence-corrected chi connectivity index (χ4v) is 3.06. The van der Waals surface area contributed by atoms with E-state index in [0.717, 1.165) is 38.3 Å². The largest absolute Gasteiger partial charge is 0.369 e. The minimum absolute atomic E-state index is 0.0981. The molecule has 1 aromatic heterocycles. The van der Waals surface area contributed by atoms with Gasteiger partial charge in [-0.2, -0.15) is 5.26 Å². The van der Waals surface area contributed by atoms with Gasteiger partial charge in [-0.05, 0) is 17.5 Å². The number of hydrogen-bond acceptors (Lipinski definition) is 6. The number of nitriles is 1. The fourth-order valence-electron chi connectivity index (χ4n) is 3.06. The number of benzene rings is 1. The number of para-hydroxylation sites is 1. The molecule has 2 aromatic rings. The van der Waals surface area contributed by atoms with E-state index in [1.165, 1.54) is 5.69 Å². The van der Waals surface area contributed by atoms with Crippen LogP contribution in [-0.4, -0.2) is 54.1 Å².